The summed E-state index contributed by atoms with van der Waals surface area (Å²) in [5, 5.41) is 4.52. The summed E-state index contributed by atoms with van der Waals surface area (Å²) in [5.41, 5.74) is 2.01. The highest BCUT2D eigenvalue weighted by Crippen LogP contribution is 2.21. The van der Waals surface area contributed by atoms with E-state index < -0.39 is 0 Å². The molecule has 27 heavy (non-hydrogen) atoms. The van der Waals surface area contributed by atoms with Crippen molar-refractivity contribution in [2.45, 2.75) is 31.5 Å². The van der Waals surface area contributed by atoms with E-state index in [-0.39, 0.29) is 18.0 Å². The van der Waals surface area contributed by atoms with Crippen molar-refractivity contribution in [3.63, 3.8) is 0 Å². The molecule has 0 aliphatic carbocycles. The molecule has 2 aliphatic rings. The van der Waals surface area contributed by atoms with Gasteiger partial charge in [-0.2, -0.15) is 0 Å². The van der Waals surface area contributed by atoms with Crippen LogP contribution in [0.25, 0.3) is 10.9 Å². The highest BCUT2D eigenvalue weighted by Gasteiger charge is 2.32. The number of guanidine groups is 1. The van der Waals surface area contributed by atoms with Gasteiger partial charge in [0.2, 0.25) is 0 Å². The Balaban J connectivity index is 1.33. The molecule has 4 rings (SSSR count). The van der Waals surface area contributed by atoms with Crippen LogP contribution in [0.2, 0.25) is 0 Å². The van der Waals surface area contributed by atoms with Crippen LogP contribution in [-0.4, -0.2) is 67.9 Å². The molecule has 2 saturated heterocycles. The van der Waals surface area contributed by atoms with Gasteiger partial charge in [0.15, 0.2) is 5.96 Å². The van der Waals surface area contributed by atoms with Crippen molar-refractivity contribution in [3.05, 3.63) is 35.8 Å². The zero-order chi connectivity index (χ0) is 18.6. The van der Waals surface area contributed by atoms with Crippen molar-refractivity contribution >= 4 is 16.9 Å². The zero-order valence-corrected chi connectivity index (χ0v) is 15.7. The Morgan fingerprint density at radius 3 is 3.04 bits per heavy atom. The summed E-state index contributed by atoms with van der Waals surface area (Å²) in [4.78, 5) is 9.84. The first kappa shape index (κ1) is 18.3. The van der Waals surface area contributed by atoms with Crippen LogP contribution >= 0.6 is 0 Å². The van der Waals surface area contributed by atoms with Crippen LogP contribution in [0.1, 0.15) is 18.4 Å². The summed E-state index contributed by atoms with van der Waals surface area (Å²) in [6.45, 7) is 3.93. The molecule has 0 amide bonds. The van der Waals surface area contributed by atoms with Crippen LogP contribution in [0.4, 0.5) is 4.39 Å². The fourth-order valence-electron chi connectivity index (χ4n) is 4.00. The maximum atomic E-state index is 13.3. The second-order valence-corrected chi connectivity index (χ2v) is 7.13. The predicted octanol–water partition coefficient (Wildman–Crippen LogP) is 2.30. The van der Waals surface area contributed by atoms with E-state index in [4.69, 9.17) is 9.47 Å². The molecule has 2 atom stereocenters. The van der Waals surface area contributed by atoms with Gasteiger partial charge in [-0.1, -0.05) is 0 Å². The van der Waals surface area contributed by atoms with Gasteiger partial charge in [-0.25, -0.2) is 4.39 Å². The number of nitrogens with zero attached hydrogens (tertiary/aromatic N) is 2. The summed E-state index contributed by atoms with van der Waals surface area (Å²) in [7, 11) is 1.81. The summed E-state index contributed by atoms with van der Waals surface area (Å²) < 4.78 is 25.0. The van der Waals surface area contributed by atoms with Crippen molar-refractivity contribution in [1.82, 2.24) is 15.2 Å². The third-order valence-electron chi connectivity index (χ3n) is 5.39. The minimum absolute atomic E-state index is 0.114. The third-order valence-corrected chi connectivity index (χ3v) is 5.39. The minimum atomic E-state index is -0.220. The number of morpholine rings is 1. The number of hydrogen-bond acceptors (Lipinski definition) is 3. The maximum Gasteiger partial charge on any atom is 0.193 e. The summed E-state index contributed by atoms with van der Waals surface area (Å²) >= 11 is 0. The van der Waals surface area contributed by atoms with E-state index in [0.29, 0.717) is 6.61 Å². The first-order valence-corrected chi connectivity index (χ1v) is 9.69. The molecule has 2 fully saturated rings. The van der Waals surface area contributed by atoms with E-state index in [9.17, 15) is 4.39 Å². The van der Waals surface area contributed by atoms with Crippen LogP contribution in [0.5, 0.6) is 0 Å². The van der Waals surface area contributed by atoms with Crippen LogP contribution in [0.3, 0.4) is 0 Å². The molecule has 2 aliphatic heterocycles. The fraction of sp³-hybridized carbons (Fsp3) is 0.550. The summed E-state index contributed by atoms with van der Waals surface area (Å²) in [5.74, 6) is 0.676. The van der Waals surface area contributed by atoms with Crippen molar-refractivity contribution in [1.29, 1.82) is 0 Å². The first-order valence-electron chi connectivity index (χ1n) is 9.69. The summed E-state index contributed by atoms with van der Waals surface area (Å²) in [6, 6.07) is 4.87. The number of aromatic amines is 1. The molecule has 2 unspecified atom stereocenters. The average Bonchev–Trinajstić information content (AvgIpc) is 3.35. The lowest BCUT2D eigenvalue weighted by molar-refractivity contribution is -0.0816. The molecule has 0 radical (unpaired) electrons. The Morgan fingerprint density at radius 1 is 1.33 bits per heavy atom. The molecule has 3 heterocycles. The molecule has 1 aromatic carbocycles. The largest absolute Gasteiger partial charge is 0.375 e. The Morgan fingerprint density at radius 2 is 2.22 bits per heavy atom. The molecule has 0 saturated carbocycles. The monoisotopic (exact) mass is 374 g/mol. The lowest BCUT2D eigenvalue weighted by Crippen LogP contribution is -2.53. The van der Waals surface area contributed by atoms with Crippen LogP contribution in [0, 0.1) is 5.82 Å². The molecule has 6 nitrogen and oxygen atoms in total. The Hall–Kier alpha value is -2.12. The van der Waals surface area contributed by atoms with Gasteiger partial charge in [-0.15, -0.1) is 0 Å². The fourth-order valence-corrected chi connectivity index (χ4v) is 4.00. The van der Waals surface area contributed by atoms with Crippen molar-refractivity contribution in [3.8, 4) is 0 Å². The van der Waals surface area contributed by atoms with Gasteiger partial charge >= 0.3 is 0 Å². The molecule has 0 spiro atoms. The SMILES string of the molecule is CN=C(NCCc1c[nH]c2cc(F)ccc12)N1CCOC(C2CCCO2)C1. The number of rotatable bonds is 4. The van der Waals surface area contributed by atoms with Gasteiger partial charge in [0.25, 0.3) is 0 Å². The van der Waals surface area contributed by atoms with Gasteiger partial charge in [0.1, 0.15) is 11.9 Å². The smallest absolute Gasteiger partial charge is 0.193 e. The summed E-state index contributed by atoms with van der Waals surface area (Å²) in [6.07, 6.45) is 5.30. The van der Waals surface area contributed by atoms with E-state index in [2.05, 4.69) is 20.2 Å². The van der Waals surface area contributed by atoms with Gasteiger partial charge in [0, 0.05) is 50.4 Å². The minimum Gasteiger partial charge on any atom is -0.375 e. The number of ether oxygens (including phenoxy) is 2. The van der Waals surface area contributed by atoms with E-state index in [1.54, 1.807) is 0 Å². The molecule has 7 heteroatoms. The van der Waals surface area contributed by atoms with E-state index in [1.807, 2.05) is 19.3 Å². The highest BCUT2D eigenvalue weighted by atomic mass is 19.1. The normalized spacial score (nSPS) is 23.9. The average molecular weight is 374 g/mol. The van der Waals surface area contributed by atoms with Crippen LogP contribution in [0.15, 0.2) is 29.4 Å². The quantitative estimate of drug-likeness (QED) is 0.637. The van der Waals surface area contributed by atoms with E-state index >= 15 is 0 Å². The topological polar surface area (TPSA) is 61.9 Å². The van der Waals surface area contributed by atoms with Crippen molar-refractivity contribution < 1.29 is 13.9 Å². The molecule has 146 valence electrons. The van der Waals surface area contributed by atoms with Gasteiger partial charge < -0.3 is 24.7 Å². The number of nitrogens with one attached hydrogen (secondary N) is 2. The predicted molar refractivity (Wildman–Crippen MR) is 104 cm³/mol. The first-order chi connectivity index (χ1) is 13.2. The molecular formula is C20H27FN4O2. The zero-order valence-electron chi connectivity index (χ0n) is 15.7. The molecular weight excluding hydrogens is 347 g/mol. The number of benzene rings is 1. The Kier molecular flexibility index (Phi) is 5.59. The molecule has 2 aromatic rings. The third kappa shape index (κ3) is 4.09. The Labute approximate surface area is 158 Å². The molecule has 1 aromatic heterocycles. The number of hydrogen-bond donors (Lipinski definition) is 2. The van der Waals surface area contributed by atoms with Crippen molar-refractivity contribution in [2.24, 2.45) is 4.99 Å². The Bertz CT molecular complexity index is 800. The number of H-pyrrole nitrogens is 1. The molecule has 2 N–H and O–H groups in total. The van der Waals surface area contributed by atoms with Crippen LogP contribution in [-0.2, 0) is 15.9 Å². The van der Waals surface area contributed by atoms with Gasteiger partial charge in [0.05, 0.1) is 12.7 Å². The van der Waals surface area contributed by atoms with Gasteiger partial charge in [-0.3, -0.25) is 4.99 Å². The second kappa shape index (κ2) is 8.27. The second-order valence-electron chi connectivity index (χ2n) is 7.13. The number of halogens is 1. The highest BCUT2D eigenvalue weighted by molar-refractivity contribution is 5.83. The number of aliphatic imine (C=N–C) groups is 1. The maximum absolute atomic E-state index is 13.3. The van der Waals surface area contributed by atoms with E-state index in [1.165, 1.54) is 17.7 Å². The van der Waals surface area contributed by atoms with Crippen LogP contribution < -0.4 is 5.32 Å². The van der Waals surface area contributed by atoms with Crippen molar-refractivity contribution in [2.75, 3.05) is 39.9 Å². The number of fused-ring (bicyclic) bond motifs is 1. The molecule has 0 bridgehead atoms. The van der Waals surface area contributed by atoms with E-state index in [0.717, 1.165) is 62.4 Å². The standard InChI is InChI=1S/C20H27FN4O2/c1-22-20(25-8-10-27-19(13-25)18-3-2-9-26-18)23-7-6-14-12-24-17-11-15(21)4-5-16(14)17/h4-5,11-12,18-19,24H,2-3,6-10,13H2,1H3,(H,22,23). The lowest BCUT2D eigenvalue weighted by atomic mass is 10.1. The number of aromatic nitrogens is 1. The van der Waals surface area contributed by atoms with Gasteiger partial charge in [-0.05, 0) is 43.0 Å². The lowest BCUT2D eigenvalue weighted by Gasteiger charge is -2.37.